The lowest BCUT2D eigenvalue weighted by molar-refractivity contribution is -0.0352. The van der Waals surface area contributed by atoms with E-state index in [2.05, 4.69) is 25.8 Å². The Morgan fingerprint density at radius 1 is 1.06 bits per heavy atom. The molecule has 3 rings (SSSR count). The summed E-state index contributed by atoms with van der Waals surface area (Å²) in [6.45, 7) is 5.65. The Morgan fingerprint density at radius 3 is 2.34 bits per heavy atom. The lowest BCUT2D eigenvalue weighted by atomic mass is 9.80. The number of methoxy groups -OCH3 is 1. The van der Waals surface area contributed by atoms with Crippen molar-refractivity contribution in [2.24, 2.45) is 4.99 Å². The van der Waals surface area contributed by atoms with Gasteiger partial charge in [-0.1, -0.05) is 19.3 Å². The van der Waals surface area contributed by atoms with Crippen LogP contribution in [0.2, 0.25) is 0 Å². The Balaban J connectivity index is 0.00000363. The minimum atomic E-state index is -0.0964. The van der Waals surface area contributed by atoms with Gasteiger partial charge in [0, 0.05) is 50.9 Å². The molecule has 1 aromatic rings. The van der Waals surface area contributed by atoms with Crippen molar-refractivity contribution in [3.63, 3.8) is 0 Å². The standard InChI is InChI=1S/C23H37N5O3.HI/c1-24-22(26-13-12-25-21(29)19-6-8-20(30-2)9-7-19)27-18-23(10-4-3-5-11-23)28-14-16-31-17-15-28;/h6-9H,3-5,10-18H2,1-2H3,(H,25,29)(H2,24,26,27);1H. The fraction of sp³-hybridized carbons (Fsp3) is 0.652. The van der Waals surface area contributed by atoms with Crippen molar-refractivity contribution >= 4 is 35.8 Å². The molecule has 1 aliphatic carbocycles. The number of guanidine groups is 1. The fourth-order valence-electron chi connectivity index (χ4n) is 4.52. The summed E-state index contributed by atoms with van der Waals surface area (Å²) in [6, 6.07) is 7.09. The normalized spacial score (nSPS) is 18.9. The number of carbonyl (C=O) groups is 1. The van der Waals surface area contributed by atoms with Crippen LogP contribution in [0.15, 0.2) is 29.3 Å². The third-order valence-electron chi connectivity index (χ3n) is 6.33. The average Bonchev–Trinajstić information content (AvgIpc) is 2.84. The summed E-state index contributed by atoms with van der Waals surface area (Å²) in [7, 11) is 3.40. The number of nitrogens with one attached hydrogen (secondary N) is 3. The molecule has 1 aliphatic heterocycles. The molecule has 1 amide bonds. The first kappa shape index (κ1) is 26.7. The first-order chi connectivity index (χ1) is 15.2. The van der Waals surface area contributed by atoms with Crippen molar-refractivity contribution in [1.82, 2.24) is 20.9 Å². The molecule has 1 aromatic carbocycles. The van der Waals surface area contributed by atoms with Crippen LogP contribution in [-0.2, 0) is 4.74 Å². The van der Waals surface area contributed by atoms with Gasteiger partial charge in [0.05, 0.1) is 20.3 Å². The van der Waals surface area contributed by atoms with Gasteiger partial charge in [-0.15, -0.1) is 24.0 Å². The molecule has 0 aromatic heterocycles. The van der Waals surface area contributed by atoms with E-state index >= 15 is 0 Å². The van der Waals surface area contributed by atoms with Gasteiger partial charge in [-0.3, -0.25) is 14.7 Å². The third kappa shape index (κ3) is 7.48. The minimum absolute atomic E-state index is 0. The third-order valence-corrected chi connectivity index (χ3v) is 6.33. The second kappa shape index (κ2) is 13.8. The van der Waals surface area contributed by atoms with Gasteiger partial charge < -0.3 is 25.4 Å². The van der Waals surface area contributed by atoms with Crippen LogP contribution >= 0.6 is 24.0 Å². The molecule has 1 saturated heterocycles. The highest BCUT2D eigenvalue weighted by Gasteiger charge is 2.38. The van der Waals surface area contributed by atoms with Gasteiger partial charge in [-0.25, -0.2) is 0 Å². The molecule has 9 heteroatoms. The van der Waals surface area contributed by atoms with Crippen LogP contribution < -0.4 is 20.7 Å². The molecule has 0 atom stereocenters. The number of carbonyl (C=O) groups excluding carboxylic acids is 1. The number of halogens is 1. The number of hydrogen-bond acceptors (Lipinski definition) is 5. The predicted octanol–water partition coefficient (Wildman–Crippen LogP) is 2.24. The van der Waals surface area contributed by atoms with E-state index in [1.165, 1.54) is 32.1 Å². The molecule has 8 nitrogen and oxygen atoms in total. The van der Waals surface area contributed by atoms with Gasteiger partial charge in [-0.2, -0.15) is 0 Å². The molecule has 0 bridgehead atoms. The largest absolute Gasteiger partial charge is 0.497 e. The molecule has 0 radical (unpaired) electrons. The second-order valence-electron chi connectivity index (χ2n) is 8.22. The van der Waals surface area contributed by atoms with Gasteiger partial charge in [0.15, 0.2) is 5.96 Å². The summed E-state index contributed by atoms with van der Waals surface area (Å²) in [5.41, 5.74) is 0.801. The van der Waals surface area contributed by atoms with Crippen molar-refractivity contribution in [1.29, 1.82) is 0 Å². The molecule has 0 unspecified atom stereocenters. The lowest BCUT2D eigenvalue weighted by Crippen LogP contribution is -2.60. The first-order valence-electron chi connectivity index (χ1n) is 11.4. The number of hydrogen-bond donors (Lipinski definition) is 3. The monoisotopic (exact) mass is 559 g/mol. The molecule has 1 saturated carbocycles. The highest BCUT2D eigenvalue weighted by atomic mass is 127. The van der Waals surface area contributed by atoms with E-state index in [0.29, 0.717) is 18.7 Å². The summed E-state index contributed by atoms with van der Waals surface area (Å²) >= 11 is 0. The summed E-state index contributed by atoms with van der Waals surface area (Å²) in [5, 5.41) is 9.79. The molecule has 0 spiro atoms. The number of rotatable bonds is 8. The van der Waals surface area contributed by atoms with Crippen LogP contribution in [0.4, 0.5) is 0 Å². The number of nitrogens with zero attached hydrogens (tertiary/aromatic N) is 2. The van der Waals surface area contributed by atoms with Gasteiger partial charge in [-0.05, 0) is 37.1 Å². The SMILES string of the molecule is CN=C(NCCNC(=O)c1ccc(OC)cc1)NCC1(N2CCOCC2)CCCCC1.I. The van der Waals surface area contributed by atoms with Crippen LogP contribution in [0.5, 0.6) is 5.75 Å². The van der Waals surface area contributed by atoms with Gasteiger partial charge >= 0.3 is 0 Å². The van der Waals surface area contributed by atoms with Crippen molar-refractivity contribution in [3.8, 4) is 5.75 Å². The zero-order chi connectivity index (χ0) is 21.9. The molecule has 3 N–H and O–H groups in total. The zero-order valence-corrected chi connectivity index (χ0v) is 21.7. The molecule has 2 fully saturated rings. The smallest absolute Gasteiger partial charge is 0.251 e. The highest BCUT2D eigenvalue weighted by Crippen LogP contribution is 2.33. The van der Waals surface area contributed by atoms with Crippen LogP contribution in [-0.4, -0.2) is 82.4 Å². The number of aliphatic imine (C=N–C) groups is 1. The van der Waals surface area contributed by atoms with E-state index in [-0.39, 0.29) is 35.4 Å². The van der Waals surface area contributed by atoms with Crippen molar-refractivity contribution < 1.29 is 14.3 Å². The summed E-state index contributed by atoms with van der Waals surface area (Å²) in [5.74, 6) is 1.42. The number of ether oxygens (including phenoxy) is 2. The van der Waals surface area contributed by atoms with Crippen LogP contribution in [0.3, 0.4) is 0 Å². The maximum Gasteiger partial charge on any atom is 0.251 e. The highest BCUT2D eigenvalue weighted by molar-refractivity contribution is 14.0. The Hall–Kier alpha value is -1.59. The zero-order valence-electron chi connectivity index (χ0n) is 19.3. The van der Waals surface area contributed by atoms with Gasteiger partial charge in [0.2, 0.25) is 0 Å². The fourth-order valence-corrected chi connectivity index (χ4v) is 4.52. The Labute approximate surface area is 208 Å². The van der Waals surface area contributed by atoms with E-state index in [0.717, 1.165) is 44.6 Å². The van der Waals surface area contributed by atoms with E-state index in [1.54, 1.807) is 38.4 Å². The molecule has 180 valence electrons. The molecule has 2 aliphatic rings. The van der Waals surface area contributed by atoms with Gasteiger partial charge in [0.25, 0.3) is 5.91 Å². The number of benzene rings is 1. The van der Waals surface area contributed by atoms with E-state index in [9.17, 15) is 4.79 Å². The topological polar surface area (TPSA) is 87.2 Å². The lowest BCUT2D eigenvalue weighted by Gasteiger charge is -2.48. The van der Waals surface area contributed by atoms with Crippen molar-refractivity contribution in [3.05, 3.63) is 29.8 Å². The number of amides is 1. The molecular formula is C23H38IN5O3. The van der Waals surface area contributed by atoms with E-state index < -0.39 is 0 Å². The summed E-state index contributed by atoms with van der Waals surface area (Å²) < 4.78 is 10.7. The summed E-state index contributed by atoms with van der Waals surface area (Å²) in [6.07, 6.45) is 6.32. The van der Waals surface area contributed by atoms with E-state index in [1.807, 2.05) is 0 Å². The van der Waals surface area contributed by atoms with Crippen LogP contribution in [0, 0.1) is 0 Å². The molecule has 32 heavy (non-hydrogen) atoms. The Morgan fingerprint density at radius 2 is 1.72 bits per heavy atom. The molecule has 1 heterocycles. The maximum atomic E-state index is 12.3. The Bertz CT molecular complexity index is 717. The number of morpholine rings is 1. The van der Waals surface area contributed by atoms with E-state index in [4.69, 9.17) is 9.47 Å². The van der Waals surface area contributed by atoms with Crippen molar-refractivity contribution in [2.45, 2.75) is 37.6 Å². The first-order valence-corrected chi connectivity index (χ1v) is 11.4. The quantitative estimate of drug-likeness (QED) is 0.196. The average molecular weight is 559 g/mol. The minimum Gasteiger partial charge on any atom is -0.497 e. The van der Waals surface area contributed by atoms with Crippen molar-refractivity contribution in [2.75, 3.05) is 60.1 Å². The second-order valence-corrected chi connectivity index (χ2v) is 8.22. The predicted molar refractivity (Wildman–Crippen MR) is 138 cm³/mol. The summed E-state index contributed by atoms with van der Waals surface area (Å²) in [4.78, 5) is 19.2. The van der Waals surface area contributed by atoms with Gasteiger partial charge in [0.1, 0.15) is 5.75 Å². The molecular weight excluding hydrogens is 521 g/mol. The Kier molecular flexibility index (Phi) is 11.5. The maximum absolute atomic E-state index is 12.3. The van der Waals surface area contributed by atoms with Crippen LogP contribution in [0.25, 0.3) is 0 Å². The van der Waals surface area contributed by atoms with Crippen LogP contribution in [0.1, 0.15) is 42.5 Å².